The zero-order valence-electron chi connectivity index (χ0n) is 15.4. The first-order valence-electron chi connectivity index (χ1n) is 9.63. The number of aromatic nitrogens is 1. The molecule has 0 radical (unpaired) electrons. The van der Waals surface area contributed by atoms with E-state index in [1.165, 1.54) is 34.3 Å². The summed E-state index contributed by atoms with van der Waals surface area (Å²) in [5.41, 5.74) is 6.55. The highest BCUT2D eigenvalue weighted by atomic mass is 16.2. The van der Waals surface area contributed by atoms with E-state index in [-0.39, 0.29) is 17.4 Å². The third-order valence-corrected chi connectivity index (χ3v) is 6.71. The molecule has 1 amide bonds. The average molecular weight is 337 g/mol. The summed E-state index contributed by atoms with van der Waals surface area (Å²) >= 11 is 0. The predicted molar refractivity (Wildman–Crippen MR) is 98.7 cm³/mol. The van der Waals surface area contributed by atoms with Crippen LogP contribution < -0.4 is 10.6 Å². The molecule has 4 heteroatoms. The lowest BCUT2D eigenvalue weighted by molar-refractivity contribution is -0.124. The molecule has 132 valence electrons. The smallest absolute Gasteiger partial charge is 0.224 e. The van der Waals surface area contributed by atoms with Crippen LogP contribution >= 0.6 is 0 Å². The van der Waals surface area contributed by atoms with Gasteiger partial charge in [0.1, 0.15) is 0 Å². The molecule has 0 aromatic carbocycles. The molecule has 2 aromatic heterocycles. The van der Waals surface area contributed by atoms with Gasteiger partial charge in [-0.2, -0.15) is 0 Å². The van der Waals surface area contributed by atoms with E-state index < -0.39 is 0 Å². The van der Waals surface area contributed by atoms with Gasteiger partial charge in [-0.15, -0.1) is 0 Å². The number of fused-ring (bicyclic) bond motifs is 1. The number of rotatable bonds is 3. The fourth-order valence-electron chi connectivity index (χ4n) is 5.57. The standard InChI is InChI=1S/C21H27N3O/c1-12-14-8-4-6-13-7-5-9-24(18(13)14)19(12)21(2,3)23-20(25)17-15-10-22-11-16(15)17/h5,7,9,15-17,22H,4,6,8,10-11H2,1-3H3,(H,23,25)/t15-,16+,17?. The SMILES string of the molecule is Cc1c2c3c(cccn3c1C(C)(C)NC(=O)C1[C@H]3CNC[C@@H]13)CCC2. The summed E-state index contributed by atoms with van der Waals surface area (Å²) in [7, 11) is 0. The van der Waals surface area contributed by atoms with Crippen LogP contribution in [-0.4, -0.2) is 23.4 Å². The topological polar surface area (TPSA) is 45.5 Å². The molecule has 3 atom stereocenters. The van der Waals surface area contributed by atoms with Gasteiger partial charge in [-0.1, -0.05) is 6.07 Å². The number of hydrogen-bond donors (Lipinski definition) is 2. The Morgan fingerprint density at radius 1 is 1.28 bits per heavy atom. The van der Waals surface area contributed by atoms with Gasteiger partial charge in [0.05, 0.1) is 16.7 Å². The van der Waals surface area contributed by atoms with Gasteiger partial charge in [0.2, 0.25) is 5.91 Å². The fourth-order valence-corrected chi connectivity index (χ4v) is 5.57. The zero-order valence-corrected chi connectivity index (χ0v) is 15.4. The van der Waals surface area contributed by atoms with Crippen molar-refractivity contribution in [2.45, 2.75) is 45.6 Å². The monoisotopic (exact) mass is 337 g/mol. The summed E-state index contributed by atoms with van der Waals surface area (Å²) in [4.78, 5) is 12.9. The minimum absolute atomic E-state index is 0.220. The second kappa shape index (κ2) is 5.10. The summed E-state index contributed by atoms with van der Waals surface area (Å²) in [6.45, 7) is 8.55. The Hall–Kier alpha value is -1.81. The Balaban J connectivity index is 1.53. The van der Waals surface area contributed by atoms with Crippen molar-refractivity contribution in [3.05, 3.63) is 40.7 Å². The van der Waals surface area contributed by atoms with E-state index in [2.05, 4.69) is 54.1 Å². The highest BCUT2D eigenvalue weighted by Crippen LogP contribution is 2.49. The van der Waals surface area contributed by atoms with Gasteiger partial charge in [0.15, 0.2) is 0 Å². The van der Waals surface area contributed by atoms with E-state index in [0.29, 0.717) is 11.8 Å². The Morgan fingerprint density at radius 2 is 2.04 bits per heavy atom. The second-order valence-corrected chi connectivity index (χ2v) is 8.68. The second-order valence-electron chi connectivity index (χ2n) is 8.68. The van der Waals surface area contributed by atoms with Gasteiger partial charge in [-0.3, -0.25) is 4.79 Å². The quantitative estimate of drug-likeness (QED) is 0.904. The van der Waals surface area contributed by atoms with Crippen LogP contribution in [0.25, 0.3) is 5.52 Å². The molecule has 4 nitrogen and oxygen atoms in total. The molecular formula is C21H27N3O. The van der Waals surface area contributed by atoms with E-state index in [1.54, 1.807) is 0 Å². The first kappa shape index (κ1) is 15.4. The summed E-state index contributed by atoms with van der Waals surface area (Å²) < 4.78 is 2.34. The highest BCUT2D eigenvalue weighted by molar-refractivity contribution is 5.83. The Labute approximate surface area is 149 Å². The maximum atomic E-state index is 12.9. The molecule has 2 N–H and O–H groups in total. The van der Waals surface area contributed by atoms with Gasteiger partial charge < -0.3 is 15.0 Å². The van der Waals surface area contributed by atoms with Crippen LogP contribution in [0.15, 0.2) is 18.3 Å². The van der Waals surface area contributed by atoms with Crippen molar-refractivity contribution < 1.29 is 4.79 Å². The number of aryl methyl sites for hydroxylation is 2. The molecule has 0 spiro atoms. The number of amides is 1. The lowest BCUT2D eigenvalue weighted by atomic mass is 9.91. The third-order valence-electron chi connectivity index (χ3n) is 6.71. The van der Waals surface area contributed by atoms with Crippen molar-refractivity contribution in [2.75, 3.05) is 13.1 Å². The number of nitrogens with one attached hydrogen (secondary N) is 2. The molecule has 1 aliphatic heterocycles. The van der Waals surface area contributed by atoms with Crippen LogP contribution in [0.1, 0.15) is 42.7 Å². The number of nitrogens with zero attached hydrogens (tertiary/aromatic N) is 1. The molecule has 2 aromatic rings. The predicted octanol–water partition coefficient (Wildman–Crippen LogP) is 2.55. The van der Waals surface area contributed by atoms with Crippen molar-refractivity contribution in [1.82, 2.24) is 15.0 Å². The van der Waals surface area contributed by atoms with E-state index in [4.69, 9.17) is 0 Å². The largest absolute Gasteiger partial charge is 0.345 e. The van der Waals surface area contributed by atoms with E-state index in [0.717, 1.165) is 25.9 Å². The minimum Gasteiger partial charge on any atom is -0.345 e. The van der Waals surface area contributed by atoms with Crippen molar-refractivity contribution >= 4 is 11.4 Å². The first-order chi connectivity index (χ1) is 12.0. The zero-order chi connectivity index (χ0) is 17.3. The molecule has 3 aliphatic rings. The normalized spacial score (nSPS) is 27.4. The van der Waals surface area contributed by atoms with Crippen LogP contribution in [0.5, 0.6) is 0 Å². The maximum absolute atomic E-state index is 12.9. The summed E-state index contributed by atoms with van der Waals surface area (Å²) in [6.07, 6.45) is 5.70. The lowest BCUT2D eigenvalue weighted by Gasteiger charge is -2.28. The van der Waals surface area contributed by atoms with Crippen LogP contribution in [0.3, 0.4) is 0 Å². The van der Waals surface area contributed by atoms with Gasteiger partial charge in [-0.25, -0.2) is 0 Å². The Bertz CT molecular complexity index is 869. The molecule has 2 fully saturated rings. The average Bonchev–Trinajstić information content (AvgIpc) is 2.91. The fraction of sp³-hybridized carbons (Fsp3) is 0.571. The summed E-state index contributed by atoms with van der Waals surface area (Å²) in [6, 6.07) is 4.40. The number of carbonyl (C=O) groups is 1. The van der Waals surface area contributed by atoms with Gasteiger partial charge in [-0.05, 0) is 87.7 Å². The van der Waals surface area contributed by atoms with Crippen molar-refractivity contribution in [1.29, 1.82) is 0 Å². The van der Waals surface area contributed by atoms with E-state index in [1.807, 2.05) is 0 Å². The van der Waals surface area contributed by atoms with Crippen molar-refractivity contribution in [3.8, 4) is 0 Å². The maximum Gasteiger partial charge on any atom is 0.224 e. The van der Waals surface area contributed by atoms with Crippen LogP contribution in [0.2, 0.25) is 0 Å². The molecular weight excluding hydrogens is 310 g/mol. The van der Waals surface area contributed by atoms with E-state index >= 15 is 0 Å². The van der Waals surface area contributed by atoms with Crippen molar-refractivity contribution in [2.24, 2.45) is 17.8 Å². The summed E-state index contributed by atoms with van der Waals surface area (Å²) in [5.74, 6) is 1.58. The Kier molecular flexibility index (Phi) is 3.15. The van der Waals surface area contributed by atoms with Crippen LogP contribution in [0.4, 0.5) is 0 Å². The molecule has 1 saturated heterocycles. The number of carbonyl (C=O) groups excluding carboxylic acids is 1. The number of hydrogen-bond acceptors (Lipinski definition) is 2. The molecule has 5 rings (SSSR count). The minimum atomic E-state index is -0.365. The van der Waals surface area contributed by atoms with Crippen molar-refractivity contribution in [3.63, 3.8) is 0 Å². The Morgan fingerprint density at radius 3 is 2.80 bits per heavy atom. The van der Waals surface area contributed by atoms with Gasteiger partial charge in [0, 0.05) is 12.1 Å². The van der Waals surface area contributed by atoms with Gasteiger partial charge >= 0.3 is 0 Å². The van der Waals surface area contributed by atoms with Crippen LogP contribution in [-0.2, 0) is 23.2 Å². The van der Waals surface area contributed by atoms with E-state index in [9.17, 15) is 4.79 Å². The highest BCUT2D eigenvalue weighted by Gasteiger charge is 2.57. The molecule has 25 heavy (non-hydrogen) atoms. The lowest BCUT2D eigenvalue weighted by Crippen LogP contribution is -2.44. The molecule has 0 bridgehead atoms. The van der Waals surface area contributed by atoms with Gasteiger partial charge in [0.25, 0.3) is 0 Å². The molecule has 3 heterocycles. The number of piperidine rings is 1. The molecule has 1 unspecified atom stereocenters. The molecule has 2 aliphatic carbocycles. The number of pyridine rings is 1. The molecule has 1 saturated carbocycles. The first-order valence-corrected chi connectivity index (χ1v) is 9.63. The third kappa shape index (κ3) is 2.13. The summed E-state index contributed by atoms with van der Waals surface area (Å²) in [5, 5.41) is 6.76. The van der Waals surface area contributed by atoms with Crippen LogP contribution in [0, 0.1) is 24.7 Å².